The summed E-state index contributed by atoms with van der Waals surface area (Å²) in [4.78, 5) is 12.6. The number of halogens is 3. The molecular formula is C18H25F3N4O. The third-order valence-electron chi connectivity index (χ3n) is 5.34. The van der Waals surface area contributed by atoms with Crippen LogP contribution in [0.15, 0.2) is 24.3 Å². The summed E-state index contributed by atoms with van der Waals surface area (Å²) in [6, 6.07) is 5.21. The standard InChI is InChI=1S/C18H25F3N4O/c1-17(2,11-4-3-5-12(8-11)18(19,20)21)10-23-16(26)15-13-9-22-7-6-14(13)24-25-15/h3-5,8,13-15,22,24-25H,6-7,9-10H2,1-2H3,(H,23,26). The van der Waals surface area contributed by atoms with Gasteiger partial charge in [-0.3, -0.25) is 10.2 Å². The lowest BCUT2D eigenvalue weighted by molar-refractivity contribution is -0.137. The molecule has 3 unspecified atom stereocenters. The predicted molar refractivity (Wildman–Crippen MR) is 92.3 cm³/mol. The van der Waals surface area contributed by atoms with Gasteiger partial charge in [-0.05, 0) is 24.6 Å². The van der Waals surface area contributed by atoms with Crippen LogP contribution < -0.4 is 21.5 Å². The van der Waals surface area contributed by atoms with Crippen LogP contribution in [0.3, 0.4) is 0 Å². The van der Waals surface area contributed by atoms with Crippen molar-refractivity contribution in [2.75, 3.05) is 19.6 Å². The predicted octanol–water partition coefficient (Wildman–Crippen LogP) is 1.55. The van der Waals surface area contributed by atoms with Gasteiger partial charge in [-0.15, -0.1) is 0 Å². The summed E-state index contributed by atoms with van der Waals surface area (Å²) in [5.41, 5.74) is 5.47. The zero-order valence-corrected chi connectivity index (χ0v) is 14.9. The molecule has 2 saturated heterocycles. The van der Waals surface area contributed by atoms with Crippen LogP contribution in [0.5, 0.6) is 0 Å². The summed E-state index contributed by atoms with van der Waals surface area (Å²) >= 11 is 0. The number of carbonyl (C=O) groups excluding carboxylic acids is 1. The van der Waals surface area contributed by atoms with Gasteiger partial charge in [0.1, 0.15) is 6.04 Å². The van der Waals surface area contributed by atoms with Crippen LogP contribution in [0.4, 0.5) is 13.2 Å². The van der Waals surface area contributed by atoms with Crippen molar-refractivity contribution in [2.24, 2.45) is 5.92 Å². The van der Waals surface area contributed by atoms with Crippen LogP contribution in [0.2, 0.25) is 0 Å². The molecule has 3 rings (SSSR count). The molecule has 144 valence electrons. The first-order valence-electron chi connectivity index (χ1n) is 8.86. The molecule has 2 heterocycles. The molecule has 8 heteroatoms. The van der Waals surface area contributed by atoms with Crippen molar-refractivity contribution in [3.8, 4) is 0 Å². The van der Waals surface area contributed by atoms with E-state index in [1.54, 1.807) is 6.07 Å². The number of hydrogen-bond acceptors (Lipinski definition) is 4. The number of nitrogens with one attached hydrogen (secondary N) is 4. The number of rotatable bonds is 4. The topological polar surface area (TPSA) is 65.2 Å². The minimum Gasteiger partial charge on any atom is -0.354 e. The van der Waals surface area contributed by atoms with Crippen LogP contribution in [0.1, 0.15) is 31.4 Å². The Bertz CT molecular complexity index is 662. The van der Waals surface area contributed by atoms with E-state index in [9.17, 15) is 18.0 Å². The highest BCUT2D eigenvalue weighted by Gasteiger charge is 2.41. The van der Waals surface area contributed by atoms with E-state index in [1.165, 1.54) is 6.07 Å². The minimum atomic E-state index is -4.38. The van der Waals surface area contributed by atoms with Crippen molar-refractivity contribution in [1.82, 2.24) is 21.5 Å². The lowest BCUT2D eigenvalue weighted by atomic mass is 9.83. The van der Waals surface area contributed by atoms with Crippen molar-refractivity contribution in [3.05, 3.63) is 35.4 Å². The number of amides is 1. The third kappa shape index (κ3) is 4.02. The van der Waals surface area contributed by atoms with Crippen LogP contribution in [-0.2, 0) is 16.4 Å². The number of fused-ring (bicyclic) bond motifs is 1. The molecule has 26 heavy (non-hydrogen) atoms. The zero-order chi connectivity index (χ0) is 18.9. The Morgan fingerprint density at radius 2 is 1.96 bits per heavy atom. The van der Waals surface area contributed by atoms with E-state index in [-0.39, 0.29) is 30.5 Å². The van der Waals surface area contributed by atoms with Gasteiger partial charge in [-0.2, -0.15) is 13.2 Å². The molecule has 1 aromatic rings. The molecule has 0 spiro atoms. The van der Waals surface area contributed by atoms with E-state index in [0.717, 1.165) is 31.6 Å². The van der Waals surface area contributed by atoms with Gasteiger partial charge < -0.3 is 10.6 Å². The summed E-state index contributed by atoms with van der Waals surface area (Å²) in [5, 5.41) is 6.20. The van der Waals surface area contributed by atoms with Gasteiger partial charge in [0.05, 0.1) is 5.56 Å². The average molecular weight is 370 g/mol. The van der Waals surface area contributed by atoms with Crippen molar-refractivity contribution in [3.63, 3.8) is 0 Å². The van der Waals surface area contributed by atoms with E-state index in [2.05, 4.69) is 21.5 Å². The highest BCUT2D eigenvalue weighted by molar-refractivity contribution is 5.82. The first-order chi connectivity index (χ1) is 12.2. The number of benzene rings is 1. The first-order valence-corrected chi connectivity index (χ1v) is 8.86. The number of hydrazine groups is 1. The smallest absolute Gasteiger partial charge is 0.354 e. The maximum Gasteiger partial charge on any atom is 0.416 e. The minimum absolute atomic E-state index is 0.131. The normalized spacial score (nSPS) is 26.4. The fraction of sp³-hybridized carbons (Fsp3) is 0.611. The van der Waals surface area contributed by atoms with Crippen molar-refractivity contribution < 1.29 is 18.0 Å². The zero-order valence-electron chi connectivity index (χ0n) is 14.9. The molecule has 0 radical (unpaired) electrons. The molecule has 2 aliphatic rings. The Morgan fingerprint density at radius 1 is 1.23 bits per heavy atom. The second-order valence-electron chi connectivity index (χ2n) is 7.71. The van der Waals surface area contributed by atoms with Crippen molar-refractivity contribution in [2.45, 2.75) is 43.9 Å². The second kappa shape index (κ2) is 7.17. The fourth-order valence-electron chi connectivity index (χ4n) is 3.61. The number of hydrogen-bond donors (Lipinski definition) is 4. The van der Waals surface area contributed by atoms with Gasteiger partial charge >= 0.3 is 6.18 Å². The van der Waals surface area contributed by atoms with Gasteiger partial charge in [0.2, 0.25) is 5.91 Å². The molecule has 0 aliphatic carbocycles. The third-order valence-corrected chi connectivity index (χ3v) is 5.34. The molecule has 0 saturated carbocycles. The molecular weight excluding hydrogens is 345 g/mol. The number of piperidine rings is 1. The van der Waals surface area contributed by atoms with E-state index in [0.29, 0.717) is 5.56 Å². The average Bonchev–Trinajstić information content (AvgIpc) is 3.03. The van der Waals surface area contributed by atoms with Gasteiger partial charge in [0.25, 0.3) is 0 Å². The Labute approximate surface area is 151 Å². The van der Waals surface area contributed by atoms with Crippen LogP contribution >= 0.6 is 0 Å². The van der Waals surface area contributed by atoms with Crippen LogP contribution in [0.25, 0.3) is 0 Å². The summed E-state index contributed by atoms with van der Waals surface area (Å²) in [6.45, 7) is 5.60. The van der Waals surface area contributed by atoms with Crippen molar-refractivity contribution in [1.29, 1.82) is 0 Å². The molecule has 0 bridgehead atoms. The lowest BCUT2D eigenvalue weighted by Gasteiger charge is -2.30. The monoisotopic (exact) mass is 370 g/mol. The molecule has 4 N–H and O–H groups in total. The Morgan fingerprint density at radius 3 is 2.69 bits per heavy atom. The van der Waals surface area contributed by atoms with Crippen molar-refractivity contribution >= 4 is 5.91 Å². The summed E-state index contributed by atoms with van der Waals surface area (Å²) in [7, 11) is 0. The fourth-order valence-corrected chi connectivity index (χ4v) is 3.61. The van der Waals surface area contributed by atoms with Gasteiger partial charge in [0.15, 0.2) is 0 Å². The van der Waals surface area contributed by atoms with Crippen LogP contribution in [-0.4, -0.2) is 37.6 Å². The SMILES string of the molecule is CC(C)(CNC(=O)C1NNC2CCNCC21)c1cccc(C(F)(F)F)c1. The van der Waals surface area contributed by atoms with E-state index in [1.807, 2.05) is 13.8 Å². The molecule has 1 aromatic carbocycles. The number of alkyl halides is 3. The van der Waals surface area contributed by atoms with E-state index in [4.69, 9.17) is 0 Å². The number of carbonyl (C=O) groups is 1. The maximum atomic E-state index is 12.9. The molecule has 1 amide bonds. The van der Waals surface area contributed by atoms with Gasteiger partial charge in [-0.25, -0.2) is 5.43 Å². The highest BCUT2D eigenvalue weighted by Crippen LogP contribution is 2.32. The highest BCUT2D eigenvalue weighted by atomic mass is 19.4. The molecule has 2 aliphatic heterocycles. The largest absolute Gasteiger partial charge is 0.416 e. The van der Waals surface area contributed by atoms with E-state index >= 15 is 0 Å². The second-order valence-corrected chi connectivity index (χ2v) is 7.71. The Hall–Kier alpha value is -1.64. The van der Waals surface area contributed by atoms with Crippen LogP contribution in [0, 0.1) is 5.92 Å². The summed E-state index contributed by atoms with van der Waals surface area (Å²) < 4.78 is 38.8. The summed E-state index contributed by atoms with van der Waals surface area (Å²) in [6.07, 6.45) is -3.42. The lowest BCUT2D eigenvalue weighted by Crippen LogP contribution is -2.51. The first kappa shape index (κ1) is 19.1. The van der Waals surface area contributed by atoms with Gasteiger partial charge in [0, 0.05) is 30.5 Å². The summed E-state index contributed by atoms with van der Waals surface area (Å²) in [5.74, 6) is 0.0363. The van der Waals surface area contributed by atoms with Gasteiger partial charge in [-0.1, -0.05) is 32.0 Å². The quantitative estimate of drug-likeness (QED) is 0.650. The molecule has 3 atom stereocenters. The Kier molecular flexibility index (Phi) is 5.28. The molecule has 5 nitrogen and oxygen atoms in total. The maximum absolute atomic E-state index is 12.9. The van der Waals surface area contributed by atoms with E-state index < -0.39 is 17.2 Å². The molecule has 2 fully saturated rings. The Balaban J connectivity index is 1.64. The molecule has 0 aromatic heterocycles.